The first-order valence-corrected chi connectivity index (χ1v) is 8.57. The third-order valence-electron chi connectivity index (χ3n) is 3.44. The van der Waals surface area contributed by atoms with Gasteiger partial charge in [-0.1, -0.05) is 25.0 Å². The number of primary sulfonamides is 1. The van der Waals surface area contributed by atoms with Gasteiger partial charge in [-0.15, -0.1) is 0 Å². The third kappa shape index (κ3) is 3.89. The van der Waals surface area contributed by atoms with Crippen LogP contribution in [0.3, 0.4) is 0 Å². The molecule has 0 bridgehead atoms. The summed E-state index contributed by atoms with van der Waals surface area (Å²) in [5, 5.41) is 4.91. The van der Waals surface area contributed by atoms with Crippen molar-refractivity contribution < 1.29 is 18.0 Å². The summed E-state index contributed by atoms with van der Waals surface area (Å²) in [6, 6.07) is 6.78. The van der Waals surface area contributed by atoms with E-state index in [9.17, 15) is 18.0 Å². The highest BCUT2D eigenvalue weighted by atomic mass is 32.2. The van der Waals surface area contributed by atoms with Gasteiger partial charge in [0.1, 0.15) is 0 Å². The van der Waals surface area contributed by atoms with Crippen LogP contribution in [-0.2, 0) is 10.0 Å². The Morgan fingerprint density at radius 3 is 1.95 bits per heavy atom. The van der Waals surface area contributed by atoms with Crippen LogP contribution in [0.2, 0.25) is 0 Å². The van der Waals surface area contributed by atoms with E-state index >= 15 is 0 Å². The molecule has 1 aliphatic rings. The van der Waals surface area contributed by atoms with Crippen molar-refractivity contribution >= 4 is 21.8 Å². The van der Waals surface area contributed by atoms with Crippen LogP contribution in [0.5, 0.6) is 0 Å². The number of benzene rings is 1. The van der Waals surface area contributed by atoms with Crippen molar-refractivity contribution in [3.8, 4) is 0 Å². The Kier molecular flexibility index (Phi) is 4.74. The minimum atomic E-state index is -3.40. The summed E-state index contributed by atoms with van der Waals surface area (Å²) < 4.78 is 21.5. The fraction of sp³-hybridized carbons (Fsp3) is 0.429. The Balaban J connectivity index is 1.78. The highest BCUT2D eigenvalue weighted by Gasteiger charge is 2.34. The summed E-state index contributed by atoms with van der Waals surface area (Å²) in [5.74, 6) is -0.528. The molecule has 21 heavy (non-hydrogen) atoms. The molecule has 2 amide bonds. The fourth-order valence-corrected chi connectivity index (χ4v) is 2.98. The van der Waals surface area contributed by atoms with Crippen molar-refractivity contribution in [1.82, 2.24) is 4.90 Å². The SMILES string of the molecule is NS(=O)(=O)CCCCCCN1C(=O)c2ccccc2C1=O. The maximum absolute atomic E-state index is 12.1. The Morgan fingerprint density at radius 1 is 0.905 bits per heavy atom. The van der Waals surface area contributed by atoms with Crippen LogP contribution < -0.4 is 5.14 Å². The Hall–Kier alpha value is -1.73. The van der Waals surface area contributed by atoms with E-state index in [1.54, 1.807) is 24.3 Å². The van der Waals surface area contributed by atoms with Gasteiger partial charge in [0.15, 0.2) is 0 Å². The predicted octanol–water partition coefficient (Wildman–Crippen LogP) is 1.13. The summed E-state index contributed by atoms with van der Waals surface area (Å²) in [5.41, 5.74) is 0.911. The first-order valence-electron chi connectivity index (χ1n) is 6.86. The number of nitrogens with two attached hydrogens (primary N) is 1. The second-order valence-electron chi connectivity index (χ2n) is 5.09. The molecule has 1 aromatic carbocycles. The molecule has 2 N–H and O–H groups in total. The minimum absolute atomic E-state index is 0.0278. The van der Waals surface area contributed by atoms with Crippen molar-refractivity contribution in [2.24, 2.45) is 5.14 Å². The molecule has 1 aliphatic heterocycles. The number of hydrogen-bond acceptors (Lipinski definition) is 4. The van der Waals surface area contributed by atoms with Crippen molar-refractivity contribution in [3.63, 3.8) is 0 Å². The lowest BCUT2D eigenvalue weighted by molar-refractivity contribution is 0.0651. The standard InChI is InChI=1S/C14H18N2O4S/c15-21(19,20)10-6-2-1-5-9-16-13(17)11-7-3-4-8-12(11)14(16)18/h3-4,7-8H,1-2,5-6,9-10H2,(H2,15,19,20). The summed E-state index contributed by atoms with van der Waals surface area (Å²) >= 11 is 0. The Morgan fingerprint density at radius 2 is 1.43 bits per heavy atom. The van der Waals surface area contributed by atoms with Crippen molar-refractivity contribution in [2.75, 3.05) is 12.3 Å². The number of amides is 2. The molecule has 0 radical (unpaired) electrons. The molecule has 7 heteroatoms. The molecule has 0 fully saturated rings. The number of carbonyl (C=O) groups excluding carboxylic acids is 2. The van der Waals surface area contributed by atoms with Gasteiger partial charge in [0.05, 0.1) is 16.9 Å². The van der Waals surface area contributed by atoms with Crippen molar-refractivity contribution in [3.05, 3.63) is 35.4 Å². The van der Waals surface area contributed by atoms with Crippen LogP contribution in [-0.4, -0.2) is 37.4 Å². The monoisotopic (exact) mass is 310 g/mol. The zero-order valence-electron chi connectivity index (χ0n) is 11.6. The van der Waals surface area contributed by atoms with Gasteiger partial charge in [-0.3, -0.25) is 14.5 Å². The largest absolute Gasteiger partial charge is 0.274 e. The molecular weight excluding hydrogens is 292 g/mol. The van der Waals surface area contributed by atoms with Gasteiger partial charge in [0.2, 0.25) is 10.0 Å². The van der Waals surface area contributed by atoms with Crippen LogP contribution in [0.4, 0.5) is 0 Å². The number of carbonyl (C=O) groups is 2. The predicted molar refractivity (Wildman–Crippen MR) is 78.3 cm³/mol. The molecule has 0 spiro atoms. The zero-order chi connectivity index (χ0) is 15.5. The third-order valence-corrected chi connectivity index (χ3v) is 4.30. The van der Waals surface area contributed by atoms with E-state index in [-0.39, 0.29) is 17.6 Å². The molecule has 0 aliphatic carbocycles. The number of rotatable bonds is 7. The van der Waals surface area contributed by atoms with Crippen LogP contribution in [0, 0.1) is 0 Å². The summed E-state index contributed by atoms with van der Waals surface area (Å²) in [6.07, 6.45) is 2.62. The molecule has 0 saturated carbocycles. The molecule has 0 aromatic heterocycles. The van der Waals surface area contributed by atoms with E-state index in [4.69, 9.17) is 5.14 Å². The maximum atomic E-state index is 12.1. The average Bonchev–Trinajstić information content (AvgIpc) is 2.66. The molecule has 1 heterocycles. The lowest BCUT2D eigenvalue weighted by atomic mass is 10.1. The van der Waals surface area contributed by atoms with Gasteiger partial charge in [0, 0.05) is 6.54 Å². The molecule has 1 aromatic rings. The maximum Gasteiger partial charge on any atom is 0.261 e. The van der Waals surface area contributed by atoms with E-state index in [2.05, 4.69) is 0 Å². The Bertz CT molecular complexity index is 620. The van der Waals surface area contributed by atoms with Gasteiger partial charge in [-0.05, 0) is 25.0 Å². The van der Waals surface area contributed by atoms with Crippen LogP contribution in [0.25, 0.3) is 0 Å². The van der Waals surface area contributed by atoms with E-state index in [1.165, 1.54) is 4.90 Å². The second-order valence-corrected chi connectivity index (χ2v) is 6.82. The molecule has 2 rings (SSSR count). The smallest absolute Gasteiger partial charge is 0.261 e. The summed E-state index contributed by atoms with van der Waals surface area (Å²) in [6.45, 7) is 0.363. The topological polar surface area (TPSA) is 97.5 Å². The molecule has 0 saturated heterocycles. The lowest BCUT2D eigenvalue weighted by Crippen LogP contribution is -2.30. The van der Waals surface area contributed by atoms with Gasteiger partial charge >= 0.3 is 0 Å². The normalized spacial score (nSPS) is 14.6. The molecule has 0 atom stereocenters. The minimum Gasteiger partial charge on any atom is -0.274 e. The zero-order valence-corrected chi connectivity index (χ0v) is 12.4. The number of hydrogen-bond donors (Lipinski definition) is 1. The van der Waals surface area contributed by atoms with E-state index in [0.717, 1.165) is 6.42 Å². The molecule has 0 unspecified atom stereocenters. The van der Waals surface area contributed by atoms with Gasteiger partial charge in [-0.2, -0.15) is 0 Å². The number of nitrogens with zero attached hydrogens (tertiary/aromatic N) is 1. The number of fused-ring (bicyclic) bond motifs is 1. The summed E-state index contributed by atoms with van der Waals surface area (Å²) in [4.78, 5) is 25.4. The molecular formula is C14H18N2O4S. The Labute approximate surface area is 124 Å². The number of sulfonamides is 1. The van der Waals surface area contributed by atoms with Gasteiger partial charge < -0.3 is 0 Å². The van der Waals surface area contributed by atoms with Gasteiger partial charge in [-0.25, -0.2) is 13.6 Å². The van der Waals surface area contributed by atoms with E-state index in [0.29, 0.717) is 36.9 Å². The average molecular weight is 310 g/mol. The second kappa shape index (κ2) is 6.36. The summed E-state index contributed by atoms with van der Waals surface area (Å²) in [7, 11) is -3.40. The lowest BCUT2D eigenvalue weighted by Gasteiger charge is -2.13. The first-order chi connectivity index (χ1) is 9.90. The van der Waals surface area contributed by atoms with Crippen LogP contribution >= 0.6 is 0 Å². The number of imide groups is 1. The number of unbranched alkanes of at least 4 members (excludes halogenated alkanes) is 3. The quantitative estimate of drug-likeness (QED) is 0.603. The highest BCUT2D eigenvalue weighted by Crippen LogP contribution is 2.22. The van der Waals surface area contributed by atoms with E-state index in [1.807, 2.05) is 0 Å². The van der Waals surface area contributed by atoms with Crippen molar-refractivity contribution in [2.45, 2.75) is 25.7 Å². The first kappa shape index (κ1) is 15.7. The van der Waals surface area contributed by atoms with Crippen molar-refractivity contribution in [1.29, 1.82) is 0 Å². The van der Waals surface area contributed by atoms with Gasteiger partial charge in [0.25, 0.3) is 11.8 Å². The van der Waals surface area contributed by atoms with Crippen LogP contribution in [0.15, 0.2) is 24.3 Å². The van der Waals surface area contributed by atoms with E-state index < -0.39 is 10.0 Å². The molecule has 114 valence electrons. The molecule has 6 nitrogen and oxygen atoms in total. The van der Waals surface area contributed by atoms with Crippen LogP contribution in [0.1, 0.15) is 46.4 Å². The fourth-order valence-electron chi connectivity index (χ4n) is 2.37. The highest BCUT2D eigenvalue weighted by molar-refractivity contribution is 7.89.